The molecule has 1 aliphatic heterocycles. The monoisotopic (exact) mass is 207 g/mol. The van der Waals surface area contributed by atoms with Crippen LogP contribution in [0.25, 0.3) is 0 Å². The fourth-order valence-corrected chi connectivity index (χ4v) is 1.53. The summed E-state index contributed by atoms with van der Waals surface area (Å²) < 4.78 is 6.85. The second kappa shape index (κ2) is 3.76. The van der Waals surface area contributed by atoms with Crippen LogP contribution in [-0.4, -0.2) is 22.1 Å². The third-order valence-electron chi connectivity index (χ3n) is 2.32. The maximum atomic E-state index is 11.6. The Morgan fingerprint density at radius 3 is 3.27 bits per heavy atom. The molecule has 0 saturated heterocycles. The van der Waals surface area contributed by atoms with E-state index in [1.807, 2.05) is 17.7 Å². The molecule has 0 atom stereocenters. The van der Waals surface area contributed by atoms with Gasteiger partial charge in [0.05, 0.1) is 18.7 Å². The van der Waals surface area contributed by atoms with Crippen LogP contribution in [0.1, 0.15) is 13.8 Å². The van der Waals surface area contributed by atoms with Crippen molar-refractivity contribution in [3.05, 3.63) is 23.7 Å². The van der Waals surface area contributed by atoms with Gasteiger partial charge in [0.25, 0.3) is 0 Å². The Labute approximate surface area is 87.8 Å². The van der Waals surface area contributed by atoms with E-state index in [1.54, 1.807) is 13.1 Å². The molecule has 0 spiro atoms. The smallest absolute Gasteiger partial charge is 0.337 e. The lowest BCUT2D eigenvalue weighted by atomic mass is 10.2. The molecule has 0 amide bonds. The molecule has 0 radical (unpaired) electrons. The number of carbonyl (C=O) groups excluding carboxylic acids is 1. The van der Waals surface area contributed by atoms with Gasteiger partial charge in [-0.3, -0.25) is 0 Å². The van der Waals surface area contributed by atoms with Gasteiger partial charge in [-0.15, -0.1) is 0 Å². The number of rotatable bonds is 2. The normalized spacial score (nSPS) is 14.5. The average Bonchev–Trinajstić information content (AvgIpc) is 2.63. The largest absolute Gasteiger partial charge is 0.463 e. The first-order valence-electron chi connectivity index (χ1n) is 4.87. The molecule has 0 unspecified atom stereocenters. The SMILES string of the molecule is CCOC(=O)C1=C(C)Nc2nccn2C1. The topological polar surface area (TPSA) is 56.1 Å². The first-order valence-corrected chi connectivity index (χ1v) is 4.87. The zero-order valence-electron chi connectivity index (χ0n) is 8.78. The maximum Gasteiger partial charge on any atom is 0.337 e. The molecule has 15 heavy (non-hydrogen) atoms. The molecule has 1 N–H and O–H groups in total. The number of carbonyl (C=O) groups is 1. The minimum absolute atomic E-state index is 0.262. The Hall–Kier alpha value is -1.78. The van der Waals surface area contributed by atoms with E-state index < -0.39 is 0 Å². The van der Waals surface area contributed by atoms with Gasteiger partial charge in [0.2, 0.25) is 5.95 Å². The summed E-state index contributed by atoms with van der Waals surface area (Å²) in [6.07, 6.45) is 3.53. The predicted octanol–water partition coefficient (Wildman–Crippen LogP) is 1.15. The zero-order chi connectivity index (χ0) is 10.8. The number of nitrogens with zero attached hydrogens (tertiary/aromatic N) is 2. The van der Waals surface area contributed by atoms with Crippen LogP contribution in [0.3, 0.4) is 0 Å². The summed E-state index contributed by atoms with van der Waals surface area (Å²) in [6.45, 7) is 4.57. The first kappa shape index (κ1) is 9.76. The molecule has 0 aliphatic carbocycles. The standard InChI is InChI=1S/C10H13N3O2/c1-3-15-9(14)8-6-13-5-4-11-10(13)12-7(8)2/h4-5H,3,6H2,1-2H3,(H,11,12). The number of hydrogen-bond acceptors (Lipinski definition) is 4. The predicted molar refractivity (Wildman–Crippen MR) is 55.2 cm³/mol. The maximum absolute atomic E-state index is 11.6. The van der Waals surface area contributed by atoms with Crippen molar-refractivity contribution in [3.63, 3.8) is 0 Å². The van der Waals surface area contributed by atoms with E-state index in [4.69, 9.17) is 4.74 Å². The highest BCUT2D eigenvalue weighted by molar-refractivity contribution is 5.90. The number of allylic oxidation sites excluding steroid dienone is 1. The Morgan fingerprint density at radius 1 is 1.73 bits per heavy atom. The summed E-state index contributed by atoms with van der Waals surface area (Å²) in [7, 11) is 0. The summed E-state index contributed by atoms with van der Waals surface area (Å²) in [6, 6.07) is 0. The molecule has 1 aliphatic rings. The highest BCUT2D eigenvalue weighted by atomic mass is 16.5. The molecule has 5 heteroatoms. The first-order chi connectivity index (χ1) is 7.22. The lowest BCUT2D eigenvalue weighted by Crippen LogP contribution is -2.22. The highest BCUT2D eigenvalue weighted by Gasteiger charge is 2.21. The highest BCUT2D eigenvalue weighted by Crippen LogP contribution is 2.20. The van der Waals surface area contributed by atoms with Gasteiger partial charge in [0, 0.05) is 18.1 Å². The average molecular weight is 207 g/mol. The summed E-state index contributed by atoms with van der Waals surface area (Å²) in [5, 5.41) is 3.06. The van der Waals surface area contributed by atoms with E-state index in [1.165, 1.54) is 0 Å². The fraction of sp³-hybridized carbons (Fsp3) is 0.400. The molecule has 5 nitrogen and oxygen atoms in total. The van der Waals surface area contributed by atoms with Crippen LogP contribution in [0.5, 0.6) is 0 Å². The molecule has 2 rings (SSSR count). The summed E-state index contributed by atoms with van der Waals surface area (Å²) in [5.74, 6) is 0.502. The third kappa shape index (κ3) is 1.72. The Balaban J connectivity index is 2.23. The van der Waals surface area contributed by atoms with Gasteiger partial charge >= 0.3 is 5.97 Å². The zero-order valence-corrected chi connectivity index (χ0v) is 8.78. The number of anilines is 1. The van der Waals surface area contributed by atoms with Crippen LogP contribution in [0.15, 0.2) is 23.7 Å². The van der Waals surface area contributed by atoms with Crippen molar-refractivity contribution >= 4 is 11.9 Å². The van der Waals surface area contributed by atoms with Gasteiger partial charge in [0.15, 0.2) is 0 Å². The van der Waals surface area contributed by atoms with Crippen molar-refractivity contribution < 1.29 is 9.53 Å². The van der Waals surface area contributed by atoms with Crippen LogP contribution >= 0.6 is 0 Å². The molecule has 80 valence electrons. The van der Waals surface area contributed by atoms with Crippen molar-refractivity contribution in [2.45, 2.75) is 20.4 Å². The van der Waals surface area contributed by atoms with Crippen LogP contribution < -0.4 is 5.32 Å². The quantitative estimate of drug-likeness (QED) is 0.739. The molecule has 2 heterocycles. The molecule has 1 aromatic rings. The number of fused-ring (bicyclic) bond motifs is 1. The molecular formula is C10H13N3O2. The van der Waals surface area contributed by atoms with Gasteiger partial charge in [-0.2, -0.15) is 0 Å². The molecule has 0 fully saturated rings. The number of hydrogen-bond donors (Lipinski definition) is 1. The Kier molecular flexibility index (Phi) is 2.45. The van der Waals surface area contributed by atoms with Crippen molar-refractivity contribution in [3.8, 4) is 0 Å². The van der Waals surface area contributed by atoms with Crippen molar-refractivity contribution in [1.82, 2.24) is 9.55 Å². The van der Waals surface area contributed by atoms with Crippen LogP contribution in [0.2, 0.25) is 0 Å². The molecule has 1 aromatic heterocycles. The molecule has 0 aromatic carbocycles. The van der Waals surface area contributed by atoms with E-state index in [0.29, 0.717) is 18.7 Å². The van der Waals surface area contributed by atoms with E-state index in [-0.39, 0.29) is 5.97 Å². The van der Waals surface area contributed by atoms with Crippen molar-refractivity contribution in [2.75, 3.05) is 11.9 Å². The second-order valence-corrected chi connectivity index (χ2v) is 3.33. The number of esters is 1. The van der Waals surface area contributed by atoms with E-state index in [0.717, 1.165) is 11.6 Å². The molecular weight excluding hydrogens is 194 g/mol. The third-order valence-corrected chi connectivity index (χ3v) is 2.32. The summed E-state index contributed by atoms with van der Waals surface area (Å²) >= 11 is 0. The Bertz CT molecular complexity index is 420. The number of nitrogens with one attached hydrogen (secondary N) is 1. The van der Waals surface area contributed by atoms with Gasteiger partial charge in [-0.1, -0.05) is 0 Å². The number of imidazole rings is 1. The van der Waals surface area contributed by atoms with Crippen LogP contribution in [0.4, 0.5) is 5.95 Å². The van der Waals surface area contributed by atoms with E-state index >= 15 is 0 Å². The minimum atomic E-state index is -0.262. The molecule has 0 bridgehead atoms. The van der Waals surface area contributed by atoms with Crippen LogP contribution in [0, 0.1) is 0 Å². The van der Waals surface area contributed by atoms with Gasteiger partial charge in [-0.25, -0.2) is 9.78 Å². The number of aromatic nitrogens is 2. The van der Waals surface area contributed by atoms with Gasteiger partial charge in [0.1, 0.15) is 0 Å². The van der Waals surface area contributed by atoms with Crippen molar-refractivity contribution in [2.24, 2.45) is 0 Å². The number of ether oxygens (including phenoxy) is 1. The van der Waals surface area contributed by atoms with Crippen molar-refractivity contribution in [1.29, 1.82) is 0 Å². The van der Waals surface area contributed by atoms with Gasteiger partial charge in [-0.05, 0) is 13.8 Å². The Morgan fingerprint density at radius 2 is 2.53 bits per heavy atom. The van der Waals surface area contributed by atoms with E-state index in [2.05, 4.69) is 10.3 Å². The van der Waals surface area contributed by atoms with Crippen LogP contribution in [-0.2, 0) is 16.1 Å². The van der Waals surface area contributed by atoms with Gasteiger partial charge < -0.3 is 14.6 Å². The summed E-state index contributed by atoms with van der Waals surface area (Å²) in [5.41, 5.74) is 1.47. The molecule has 0 saturated carbocycles. The summed E-state index contributed by atoms with van der Waals surface area (Å²) in [4.78, 5) is 15.7. The van der Waals surface area contributed by atoms with E-state index in [9.17, 15) is 4.79 Å². The fourth-order valence-electron chi connectivity index (χ4n) is 1.53. The second-order valence-electron chi connectivity index (χ2n) is 3.33. The minimum Gasteiger partial charge on any atom is -0.463 e. The lowest BCUT2D eigenvalue weighted by molar-refractivity contribution is -0.138. The lowest BCUT2D eigenvalue weighted by Gasteiger charge is -2.19.